The number of nitrogens with two attached hydrogens (primary N) is 1. The molecule has 2 rings (SSSR count). The van der Waals surface area contributed by atoms with Crippen LogP contribution in [0.25, 0.3) is 0 Å². The first-order valence-corrected chi connectivity index (χ1v) is 6.98. The summed E-state index contributed by atoms with van der Waals surface area (Å²) in [5, 5.41) is 9.32. The van der Waals surface area contributed by atoms with E-state index in [1.165, 1.54) is 19.5 Å². The van der Waals surface area contributed by atoms with Crippen LogP contribution in [0.4, 0.5) is 0 Å². The van der Waals surface area contributed by atoms with Crippen molar-refractivity contribution in [1.82, 2.24) is 4.90 Å². The SMILES string of the molecule is CC(C)(C)C1CCN(C2CCC(N)(CO)C2)C1. The summed E-state index contributed by atoms with van der Waals surface area (Å²) in [4.78, 5) is 2.61. The van der Waals surface area contributed by atoms with Crippen molar-refractivity contribution in [3.63, 3.8) is 0 Å². The van der Waals surface area contributed by atoms with E-state index in [1.807, 2.05) is 0 Å². The minimum atomic E-state index is -0.301. The molecule has 1 saturated carbocycles. The van der Waals surface area contributed by atoms with Gasteiger partial charge >= 0.3 is 0 Å². The van der Waals surface area contributed by atoms with Gasteiger partial charge in [-0.05, 0) is 43.6 Å². The second-order valence-electron chi connectivity index (χ2n) is 7.26. The van der Waals surface area contributed by atoms with Crippen LogP contribution in [0.3, 0.4) is 0 Å². The molecule has 1 saturated heterocycles. The lowest BCUT2D eigenvalue weighted by Gasteiger charge is -2.30. The standard InChI is InChI=1S/C14H28N2O/c1-13(2,3)11-5-7-16(9-11)12-4-6-14(15,8-12)10-17/h11-12,17H,4-10,15H2,1-3H3. The molecule has 0 aromatic rings. The van der Waals surface area contributed by atoms with Gasteiger partial charge in [-0.3, -0.25) is 0 Å². The van der Waals surface area contributed by atoms with E-state index in [0.717, 1.165) is 25.2 Å². The predicted octanol–water partition coefficient (Wildman–Crippen LogP) is 1.60. The van der Waals surface area contributed by atoms with Crippen LogP contribution in [0.5, 0.6) is 0 Å². The molecule has 2 aliphatic rings. The third-order valence-electron chi connectivity index (χ3n) is 4.89. The Hall–Kier alpha value is -0.120. The van der Waals surface area contributed by atoms with Crippen molar-refractivity contribution in [1.29, 1.82) is 0 Å². The van der Waals surface area contributed by atoms with E-state index in [0.29, 0.717) is 11.5 Å². The van der Waals surface area contributed by atoms with Crippen LogP contribution in [-0.4, -0.2) is 41.3 Å². The molecular formula is C14H28N2O. The highest BCUT2D eigenvalue weighted by Crippen LogP contribution is 2.38. The second-order valence-corrected chi connectivity index (χ2v) is 7.26. The van der Waals surface area contributed by atoms with Crippen molar-refractivity contribution in [3.05, 3.63) is 0 Å². The predicted molar refractivity (Wildman–Crippen MR) is 70.8 cm³/mol. The maximum absolute atomic E-state index is 9.32. The molecule has 3 unspecified atom stereocenters. The number of likely N-dealkylation sites (tertiary alicyclic amines) is 1. The van der Waals surface area contributed by atoms with E-state index >= 15 is 0 Å². The molecule has 1 aliphatic heterocycles. The first-order chi connectivity index (χ1) is 7.84. The monoisotopic (exact) mass is 240 g/mol. The van der Waals surface area contributed by atoms with E-state index in [4.69, 9.17) is 5.73 Å². The maximum Gasteiger partial charge on any atom is 0.0611 e. The van der Waals surface area contributed by atoms with Crippen LogP contribution in [0, 0.1) is 11.3 Å². The largest absolute Gasteiger partial charge is 0.394 e. The van der Waals surface area contributed by atoms with Crippen LogP contribution in [-0.2, 0) is 0 Å². The topological polar surface area (TPSA) is 49.5 Å². The molecule has 3 heteroatoms. The number of aliphatic hydroxyl groups is 1. The number of hydrogen-bond donors (Lipinski definition) is 2. The Bertz CT molecular complexity index is 274. The summed E-state index contributed by atoms with van der Waals surface area (Å²) in [7, 11) is 0. The second kappa shape index (κ2) is 4.52. The summed E-state index contributed by atoms with van der Waals surface area (Å²) in [5.74, 6) is 0.810. The minimum Gasteiger partial charge on any atom is -0.394 e. The Morgan fingerprint density at radius 2 is 2.06 bits per heavy atom. The maximum atomic E-state index is 9.32. The zero-order chi connectivity index (χ0) is 12.7. The summed E-state index contributed by atoms with van der Waals surface area (Å²) in [6, 6.07) is 0.611. The number of nitrogens with zero attached hydrogens (tertiary/aromatic N) is 1. The Morgan fingerprint density at radius 3 is 2.53 bits per heavy atom. The van der Waals surface area contributed by atoms with Crippen LogP contribution >= 0.6 is 0 Å². The van der Waals surface area contributed by atoms with Crippen LogP contribution in [0.2, 0.25) is 0 Å². The molecule has 3 N–H and O–H groups in total. The van der Waals surface area contributed by atoms with Gasteiger partial charge in [0.05, 0.1) is 6.61 Å². The summed E-state index contributed by atoms with van der Waals surface area (Å²) in [6.07, 6.45) is 4.43. The van der Waals surface area contributed by atoms with Crippen molar-refractivity contribution >= 4 is 0 Å². The molecule has 3 atom stereocenters. The summed E-state index contributed by atoms with van der Waals surface area (Å²) in [6.45, 7) is 9.61. The first kappa shape index (κ1) is 13.3. The third kappa shape index (κ3) is 2.83. The van der Waals surface area contributed by atoms with Crippen molar-refractivity contribution in [2.75, 3.05) is 19.7 Å². The van der Waals surface area contributed by atoms with Crippen molar-refractivity contribution in [2.45, 2.75) is 58.0 Å². The fraction of sp³-hybridized carbons (Fsp3) is 1.00. The first-order valence-electron chi connectivity index (χ1n) is 6.98. The third-order valence-corrected chi connectivity index (χ3v) is 4.89. The van der Waals surface area contributed by atoms with Gasteiger partial charge in [-0.25, -0.2) is 0 Å². The molecule has 0 amide bonds. The van der Waals surface area contributed by atoms with E-state index in [1.54, 1.807) is 0 Å². The van der Waals surface area contributed by atoms with Gasteiger partial charge in [0.2, 0.25) is 0 Å². The van der Waals surface area contributed by atoms with Gasteiger partial charge in [-0.2, -0.15) is 0 Å². The van der Waals surface area contributed by atoms with Gasteiger partial charge < -0.3 is 15.7 Å². The lowest BCUT2D eigenvalue weighted by molar-refractivity contribution is 0.169. The Kier molecular flexibility index (Phi) is 3.54. The van der Waals surface area contributed by atoms with Crippen LogP contribution in [0.1, 0.15) is 46.5 Å². The van der Waals surface area contributed by atoms with Crippen LogP contribution < -0.4 is 5.73 Å². The van der Waals surface area contributed by atoms with Crippen molar-refractivity contribution in [2.24, 2.45) is 17.1 Å². The molecule has 2 fully saturated rings. The zero-order valence-corrected chi connectivity index (χ0v) is 11.6. The van der Waals surface area contributed by atoms with E-state index in [2.05, 4.69) is 25.7 Å². The fourth-order valence-electron chi connectivity index (χ4n) is 3.41. The molecule has 0 bridgehead atoms. The summed E-state index contributed by atoms with van der Waals surface area (Å²) in [5.41, 5.74) is 6.28. The molecule has 1 heterocycles. The molecule has 3 nitrogen and oxygen atoms in total. The Balaban J connectivity index is 1.90. The van der Waals surface area contributed by atoms with Gasteiger partial charge in [-0.15, -0.1) is 0 Å². The number of hydrogen-bond acceptors (Lipinski definition) is 3. The molecule has 0 radical (unpaired) electrons. The summed E-state index contributed by atoms with van der Waals surface area (Å²) < 4.78 is 0. The minimum absolute atomic E-state index is 0.139. The molecule has 100 valence electrons. The van der Waals surface area contributed by atoms with Gasteiger partial charge in [0, 0.05) is 18.1 Å². The van der Waals surface area contributed by atoms with E-state index in [-0.39, 0.29) is 12.1 Å². The fourth-order valence-corrected chi connectivity index (χ4v) is 3.41. The molecule has 0 aromatic carbocycles. The lowest BCUT2D eigenvalue weighted by atomic mass is 9.80. The average Bonchev–Trinajstić information content (AvgIpc) is 2.83. The lowest BCUT2D eigenvalue weighted by Crippen LogP contribution is -2.43. The molecule has 17 heavy (non-hydrogen) atoms. The van der Waals surface area contributed by atoms with Gasteiger partial charge in [-0.1, -0.05) is 20.8 Å². The molecule has 0 spiro atoms. The zero-order valence-electron chi connectivity index (χ0n) is 11.6. The average molecular weight is 240 g/mol. The molecule has 1 aliphatic carbocycles. The highest BCUT2D eigenvalue weighted by atomic mass is 16.3. The van der Waals surface area contributed by atoms with Crippen LogP contribution in [0.15, 0.2) is 0 Å². The normalized spacial score (nSPS) is 40.1. The Morgan fingerprint density at radius 1 is 1.35 bits per heavy atom. The number of rotatable bonds is 2. The number of aliphatic hydroxyl groups excluding tert-OH is 1. The summed E-state index contributed by atoms with van der Waals surface area (Å²) >= 11 is 0. The Labute approximate surface area is 105 Å². The molecular weight excluding hydrogens is 212 g/mol. The highest BCUT2D eigenvalue weighted by Gasteiger charge is 2.41. The van der Waals surface area contributed by atoms with E-state index in [9.17, 15) is 5.11 Å². The quantitative estimate of drug-likeness (QED) is 0.771. The van der Waals surface area contributed by atoms with Crippen molar-refractivity contribution < 1.29 is 5.11 Å². The smallest absolute Gasteiger partial charge is 0.0611 e. The highest BCUT2D eigenvalue weighted by molar-refractivity contribution is 4.99. The van der Waals surface area contributed by atoms with Gasteiger partial charge in [0.15, 0.2) is 0 Å². The van der Waals surface area contributed by atoms with Crippen molar-refractivity contribution in [3.8, 4) is 0 Å². The van der Waals surface area contributed by atoms with E-state index < -0.39 is 0 Å². The van der Waals surface area contributed by atoms with Gasteiger partial charge in [0.25, 0.3) is 0 Å². The van der Waals surface area contributed by atoms with Gasteiger partial charge in [0.1, 0.15) is 0 Å². The molecule has 0 aromatic heterocycles.